The third kappa shape index (κ3) is 3.45. The standard InChI is InChI=1S/C19H19FN2O2S/c20-14-6-5-13-10-18(25-17(13)11-14)19(23)21-12-15(16-4-3-9-24-16)22-7-1-2-8-22/h3-6,9-11,15H,1-2,7-8,12H2,(H,21,23)/t15-/m1/s1. The van der Waals surface area contributed by atoms with E-state index in [1.807, 2.05) is 18.2 Å². The Bertz CT molecular complexity index is 869. The Morgan fingerprint density at radius 1 is 1.28 bits per heavy atom. The summed E-state index contributed by atoms with van der Waals surface area (Å²) in [6, 6.07) is 10.3. The number of nitrogens with zero attached hydrogens (tertiary/aromatic N) is 1. The highest BCUT2D eigenvalue weighted by Crippen LogP contribution is 2.27. The van der Waals surface area contributed by atoms with Crippen LogP contribution in [0, 0.1) is 5.82 Å². The molecule has 0 spiro atoms. The minimum Gasteiger partial charge on any atom is -0.468 e. The number of hydrogen-bond acceptors (Lipinski definition) is 4. The van der Waals surface area contributed by atoms with Crippen molar-refractivity contribution in [3.8, 4) is 0 Å². The maximum atomic E-state index is 13.3. The lowest BCUT2D eigenvalue weighted by molar-refractivity contribution is 0.0938. The van der Waals surface area contributed by atoms with Gasteiger partial charge in [-0.05, 0) is 61.6 Å². The highest BCUT2D eigenvalue weighted by atomic mass is 32.1. The largest absolute Gasteiger partial charge is 0.468 e. The van der Waals surface area contributed by atoms with Gasteiger partial charge in [-0.3, -0.25) is 9.69 Å². The zero-order valence-corrected chi connectivity index (χ0v) is 14.5. The van der Waals surface area contributed by atoms with E-state index in [-0.39, 0.29) is 17.8 Å². The van der Waals surface area contributed by atoms with Crippen LogP contribution < -0.4 is 5.32 Å². The SMILES string of the molecule is O=C(NC[C@H](c1ccco1)N1CCCC1)c1cc2ccc(F)cc2s1. The van der Waals surface area contributed by atoms with Gasteiger partial charge in [-0.25, -0.2) is 4.39 Å². The molecule has 130 valence electrons. The first-order valence-corrected chi connectivity index (χ1v) is 9.27. The smallest absolute Gasteiger partial charge is 0.261 e. The Morgan fingerprint density at radius 3 is 2.88 bits per heavy atom. The van der Waals surface area contributed by atoms with Gasteiger partial charge in [0.1, 0.15) is 11.6 Å². The van der Waals surface area contributed by atoms with Crippen molar-refractivity contribution in [2.75, 3.05) is 19.6 Å². The molecule has 0 bridgehead atoms. The van der Waals surface area contributed by atoms with Gasteiger partial charge in [0.05, 0.1) is 17.2 Å². The number of amides is 1. The van der Waals surface area contributed by atoms with Gasteiger partial charge in [0.15, 0.2) is 0 Å². The summed E-state index contributed by atoms with van der Waals surface area (Å²) >= 11 is 1.31. The van der Waals surface area contributed by atoms with E-state index >= 15 is 0 Å². The molecular formula is C19H19FN2O2S. The Hall–Kier alpha value is -2.18. The molecule has 4 rings (SSSR count). The number of halogens is 1. The number of likely N-dealkylation sites (tertiary alicyclic amines) is 1. The second-order valence-electron chi connectivity index (χ2n) is 6.28. The van der Waals surface area contributed by atoms with Crippen molar-refractivity contribution < 1.29 is 13.6 Å². The number of furan rings is 1. The van der Waals surface area contributed by atoms with Crippen LogP contribution in [0.15, 0.2) is 47.1 Å². The van der Waals surface area contributed by atoms with Crippen LogP contribution in [0.25, 0.3) is 10.1 Å². The molecule has 1 amide bonds. The van der Waals surface area contributed by atoms with E-state index in [0.717, 1.165) is 28.9 Å². The average Bonchev–Trinajstić information content (AvgIpc) is 3.36. The maximum absolute atomic E-state index is 13.3. The first-order valence-electron chi connectivity index (χ1n) is 8.45. The minimum absolute atomic E-state index is 0.0493. The molecular weight excluding hydrogens is 339 g/mol. The summed E-state index contributed by atoms with van der Waals surface area (Å²) in [5.41, 5.74) is 0. The number of fused-ring (bicyclic) bond motifs is 1. The van der Waals surface area contributed by atoms with E-state index in [1.54, 1.807) is 12.3 Å². The number of nitrogens with one attached hydrogen (secondary N) is 1. The lowest BCUT2D eigenvalue weighted by Crippen LogP contribution is -2.36. The third-order valence-electron chi connectivity index (χ3n) is 4.61. The minimum atomic E-state index is -0.284. The van der Waals surface area contributed by atoms with Gasteiger partial charge in [-0.2, -0.15) is 0 Å². The van der Waals surface area contributed by atoms with E-state index in [9.17, 15) is 9.18 Å². The first-order chi connectivity index (χ1) is 12.2. The van der Waals surface area contributed by atoms with E-state index in [0.29, 0.717) is 11.4 Å². The fourth-order valence-electron chi connectivity index (χ4n) is 3.34. The normalized spacial score (nSPS) is 16.4. The van der Waals surface area contributed by atoms with Gasteiger partial charge in [0.25, 0.3) is 5.91 Å². The Morgan fingerprint density at radius 2 is 2.12 bits per heavy atom. The zero-order chi connectivity index (χ0) is 17.2. The number of benzene rings is 1. The lowest BCUT2D eigenvalue weighted by atomic mass is 10.2. The number of rotatable bonds is 5. The topological polar surface area (TPSA) is 45.5 Å². The second-order valence-corrected chi connectivity index (χ2v) is 7.36. The van der Waals surface area contributed by atoms with E-state index in [4.69, 9.17) is 4.42 Å². The molecule has 4 nitrogen and oxygen atoms in total. The molecule has 3 aromatic rings. The van der Waals surface area contributed by atoms with Gasteiger partial charge in [0.2, 0.25) is 0 Å². The van der Waals surface area contributed by atoms with Crippen molar-refractivity contribution in [3.63, 3.8) is 0 Å². The lowest BCUT2D eigenvalue weighted by Gasteiger charge is -2.25. The average molecular weight is 358 g/mol. The number of hydrogen-bond donors (Lipinski definition) is 1. The van der Waals surface area contributed by atoms with Gasteiger partial charge in [0, 0.05) is 11.2 Å². The molecule has 2 aromatic heterocycles. The quantitative estimate of drug-likeness (QED) is 0.743. The molecule has 0 unspecified atom stereocenters. The second kappa shape index (κ2) is 6.98. The Kier molecular flexibility index (Phi) is 4.55. The third-order valence-corrected chi connectivity index (χ3v) is 5.71. The summed E-state index contributed by atoms with van der Waals surface area (Å²) < 4.78 is 19.7. The van der Waals surface area contributed by atoms with Crippen LogP contribution in [-0.2, 0) is 0 Å². The molecule has 1 N–H and O–H groups in total. The summed E-state index contributed by atoms with van der Waals surface area (Å²) in [6.45, 7) is 2.53. The molecule has 0 radical (unpaired) electrons. The fourth-order valence-corrected chi connectivity index (χ4v) is 4.34. The monoisotopic (exact) mass is 358 g/mol. The van der Waals surface area contributed by atoms with Crippen molar-refractivity contribution >= 4 is 27.3 Å². The highest BCUT2D eigenvalue weighted by molar-refractivity contribution is 7.20. The summed E-state index contributed by atoms with van der Waals surface area (Å²) in [6.07, 6.45) is 4.01. The fraction of sp³-hybridized carbons (Fsp3) is 0.316. The molecule has 0 saturated carbocycles. The number of carbonyl (C=O) groups excluding carboxylic acids is 1. The van der Waals surface area contributed by atoms with Crippen molar-refractivity contribution in [1.82, 2.24) is 10.2 Å². The van der Waals surface area contributed by atoms with Crippen LogP contribution in [-0.4, -0.2) is 30.4 Å². The zero-order valence-electron chi connectivity index (χ0n) is 13.7. The van der Waals surface area contributed by atoms with Gasteiger partial charge in [-0.1, -0.05) is 6.07 Å². The molecule has 1 atom stereocenters. The van der Waals surface area contributed by atoms with Crippen LogP contribution >= 0.6 is 11.3 Å². The van der Waals surface area contributed by atoms with Crippen molar-refractivity contribution in [1.29, 1.82) is 0 Å². The van der Waals surface area contributed by atoms with Crippen LogP contribution in [0.3, 0.4) is 0 Å². The Balaban J connectivity index is 1.48. The van der Waals surface area contributed by atoms with E-state index in [2.05, 4.69) is 10.2 Å². The van der Waals surface area contributed by atoms with Crippen molar-refractivity contribution in [2.24, 2.45) is 0 Å². The van der Waals surface area contributed by atoms with Gasteiger partial charge >= 0.3 is 0 Å². The molecule has 0 aliphatic carbocycles. The van der Waals surface area contributed by atoms with Gasteiger partial charge < -0.3 is 9.73 Å². The van der Waals surface area contributed by atoms with Crippen molar-refractivity contribution in [2.45, 2.75) is 18.9 Å². The van der Waals surface area contributed by atoms with Crippen LogP contribution in [0.2, 0.25) is 0 Å². The highest BCUT2D eigenvalue weighted by Gasteiger charge is 2.26. The van der Waals surface area contributed by atoms with Gasteiger partial charge in [-0.15, -0.1) is 11.3 Å². The van der Waals surface area contributed by atoms with Crippen LogP contribution in [0.5, 0.6) is 0 Å². The first kappa shape index (κ1) is 16.3. The predicted molar refractivity (Wildman–Crippen MR) is 96.4 cm³/mol. The van der Waals surface area contributed by atoms with Crippen molar-refractivity contribution in [3.05, 3.63) is 59.1 Å². The Labute approximate surface area is 149 Å². The molecule has 25 heavy (non-hydrogen) atoms. The maximum Gasteiger partial charge on any atom is 0.261 e. The molecule has 1 aliphatic heterocycles. The predicted octanol–water partition coefficient (Wildman–Crippen LogP) is 4.20. The van der Waals surface area contributed by atoms with Crippen LogP contribution in [0.4, 0.5) is 4.39 Å². The summed E-state index contributed by atoms with van der Waals surface area (Å²) in [4.78, 5) is 15.5. The molecule has 1 aliphatic rings. The number of thiophene rings is 1. The molecule has 6 heteroatoms. The molecule has 3 heterocycles. The molecule has 1 aromatic carbocycles. The summed E-state index contributed by atoms with van der Waals surface area (Å²) in [5, 5.41) is 3.90. The molecule has 1 saturated heterocycles. The van der Waals surface area contributed by atoms with E-state index < -0.39 is 0 Å². The van der Waals surface area contributed by atoms with E-state index in [1.165, 1.54) is 36.3 Å². The summed E-state index contributed by atoms with van der Waals surface area (Å²) in [7, 11) is 0. The molecule has 1 fully saturated rings. The summed E-state index contributed by atoms with van der Waals surface area (Å²) in [5.74, 6) is 0.464. The van der Waals surface area contributed by atoms with Crippen LogP contribution in [0.1, 0.15) is 34.3 Å². The number of carbonyl (C=O) groups is 1.